The van der Waals surface area contributed by atoms with Crippen LogP contribution in [0.25, 0.3) is 0 Å². The Morgan fingerprint density at radius 1 is 0.250 bits per heavy atom. The van der Waals surface area contributed by atoms with Crippen LogP contribution in [0.4, 0.5) is 0 Å². The summed E-state index contributed by atoms with van der Waals surface area (Å²) in [6.45, 7) is -9.22. The first-order chi connectivity index (χ1) is 55.0. The highest BCUT2D eigenvalue weighted by molar-refractivity contribution is 5.73. The van der Waals surface area contributed by atoms with Gasteiger partial charge in [0.2, 0.25) is 11.8 Å². The summed E-state index contributed by atoms with van der Waals surface area (Å²) in [5.41, 5.74) is 0. The van der Waals surface area contributed by atoms with Gasteiger partial charge >= 0.3 is 0 Å². The standard InChI is InChI=1S/C64H108N2O50/c1-14(75)65-16-11-98-23(9-73)49(28(16)77)110-56-27(66-15(2)76)37(86)50(24(10-74)107-56)111-61-48(97)52(113-63-55(43(92)34(83)21(7-71)105-63)116-64-54(42(91)33(82)22(8-72)106-64)115-60-46(95)40(89)31(80)19(5-69)103-60)36(85)26(109-61)12-99-57-47(96)51(112-58-44(93)38(87)29(78)17(3-67)101-58)35(84)25(108-57)13-100-62-53(41(90)32(81)20(6-70)104-62)114-59-45(94)39(88)30(79)18(4-68)102-59/h16-64,67-74,77-97H,3-13H2,1-2H3,(H,65,75)(H,66,76)/t16-,17+,18+,19+,20+,21+,22+,23+,24+,25+,26+,27+,28+,29+,30+,31+,32+,33+,34+,35+,36+,37+,38-,39-,40-,41-,42-,43-,44-,45-,46-,47-,48-,49+,50+,51-,52-,53-,54-,55-,56-,57-,58+,59+,60+,61-,62-,63+,64+/m0/s1. The quantitative estimate of drug-likeness (QED) is 0.0318. The minimum absolute atomic E-state index is 0.363. The maximum atomic E-state index is 13.0. The van der Waals surface area contributed by atoms with Crippen LogP contribution in [-0.4, -0.2) is 533 Å². The Bertz CT molecular complexity index is 3010. The van der Waals surface area contributed by atoms with Gasteiger partial charge in [0, 0.05) is 13.8 Å². The zero-order valence-electron chi connectivity index (χ0n) is 61.6. The fourth-order valence-electron chi connectivity index (χ4n) is 14.9. The molecular formula is C64H108N2O50. The van der Waals surface area contributed by atoms with E-state index in [1.165, 1.54) is 0 Å². The van der Waals surface area contributed by atoms with Gasteiger partial charge < -0.3 is 249 Å². The van der Waals surface area contributed by atoms with Crippen LogP contribution in [0.3, 0.4) is 0 Å². The van der Waals surface area contributed by atoms with E-state index in [1.54, 1.807) is 0 Å². The smallest absolute Gasteiger partial charge is 0.217 e. The summed E-state index contributed by atoms with van der Waals surface area (Å²) in [6.07, 6.45) is -100. The first-order valence-electron chi connectivity index (χ1n) is 37.0. The van der Waals surface area contributed by atoms with Crippen LogP contribution in [-0.2, 0) is 99.6 Å². The molecule has 49 atom stereocenters. The molecule has 10 rings (SSSR count). The Hall–Kier alpha value is -2.98. The van der Waals surface area contributed by atoms with Crippen LogP contribution in [0.1, 0.15) is 13.8 Å². The minimum atomic E-state index is -2.61. The number of ether oxygens (including phenoxy) is 19. The molecule has 0 aromatic rings. The largest absolute Gasteiger partial charge is 0.394 e. The molecule has 674 valence electrons. The molecular weight excluding hydrogens is 1600 g/mol. The zero-order valence-corrected chi connectivity index (χ0v) is 61.6. The second-order valence-electron chi connectivity index (χ2n) is 29.4. The van der Waals surface area contributed by atoms with Gasteiger partial charge in [-0.2, -0.15) is 0 Å². The highest BCUT2D eigenvalue weighted by atomic mass is 16.8. The van der Waals surface area contributed by atoms with Crippen molar-refractivity contribution in [1.29, 1.82) is 0 Å². The second-order valence-corrected chi connectivity index (χ2v) is 29.4. The summed E-state index contributed by atoms with van der Waals surface area (Å²) in [7, 11) is 0. The topological polar surface area (TPSA) is 820 Å². The molecule has 10 fully saturated rings. The lowest BCUT2D eigenvalue weighted by Gasteiger charge is -2.51. The van der Waals surface area contributed by atoms with Crippen molar-refractivity contribution in [2.75, 3.05) is 72.7 Å². The van der Waals surface area contributed by atoms with Crippen molar-refractivity contribution in [1.82, 2.24) is 10.6 Å². The number of hydrogen-bond acceptors (Lipinski definition) is 50. The van der Waals surface area contributed by atoms with E-state index in [-0.39, 0.29) is 6.61 Å². The summed E-state index contributed by atoms with van der Waals surface area (Å²) < 4.78 is 112. The van der Waals surface area contributed by atoms with Gasteiger partial charge in [-0.15, -0.1) is 0 Å². The average Bonchev–Trinajstić information content (AvgIpc) is 0.766. The normalized spacial score (nSPS) is 51.1. The Labute approximate surface area is 655 Å². The maximum Gasteiger partial charge on any atom is 0.217 e. The summed E-state index contributed by atoms with van der Waals surface area (Å²) in [5, 5.41) is 326. The molecule has 2 amide bonds. The lowest BCUT2D eigenvalue weighted by molar-refractivity contribution is -0.408. The number of carbonyl (C=O) groups is 2. The molecule has 0 bridgehead atoms. The predicted octanol–water partition coefficient (Wildman–Crippen LogP) is -21.8. The molecule has 0 unspecified atom stereocenters. The van der Waals surface area contributed by atoms with Gasteiger partial charge in [-0.05, 0) is 0 Å². The number of rotatable bonds is 30. The first kappa shape index (κ1) is 95.3. The number of nitrogens with one attached hydrogen (secondary N) is 2. The Morgan fingerprint density at radius 3 is 0.922 bits per heavy atom. The summed E-state index contributed by atoms with van der Waals surface area (Å²) in [6, 6.07) is -3.09. The molecule has 116 heavy (non-hydrogen) atoms. The third kappa shape index (κ3) is 20.5. The molecule has 0 aromatic heterocycles. The Morgan fingerprint density at radius 2 is 0.526 bits per heavy atom. The van der Waals surface area contributed by atoms with Crippen molar-refractivity contribution in [3.63, 3.8) is 0 Å². The van der Waals surface area contributed by atoms with Gasteiger partial charge in [-0.1, -0.05) is 0 Å². The molecule has 31 N–H and O–H groups in total. The first-order valence-corrected chi connectivity index (χ1v) is 37.0. The van der Waals surface area contributed by atoms with E-state index < -0.39 is 379 Å². The van der Waals surface area contributed by atoms with Crippen molar-refractivity contribution < 1.29 is 248 Å². The van der Waals surface area contributed by atoms with Crippen LogP contribution in [0.2, 0.25) is 0 Å². The number of hydrogen-bond donors (Lipinski definition) is 31. The van der Waals surface area contributed by atoms with Crippen molar-refractivity contribution in [3.8, 4) is 0 Å². The molecule has 0 spiro atoms. The van der Waals surface area contributed by atoms with Crippen LogP contribution >= 0.6 is 0 Å². The summed E-state index contributed by atoms with van der Waals surface area (Å²) >= 11 is 0. The molecule has 0 saturated carbocycles. The van der Waals surface area contributed by atoms with Crippen molar-refractivity contribution in [3.05, 3.63) is 0 Å². The highest BCUT2D eigenvalue weighted by Crippen LogP contribution is 2.40. The molecule has 52 nitrogen and oxygen atoms in total. The van der Waals surface area contributed by atoms with E-state index in [0.29, 0.717) is 0 Å². The number of aliphatic hydroxyl groups is 29. The lowest BCUT2D eigenvalue weighted by Crippen LogP contribution is -2.70. The highest BCUT2D eigenvalue weighted by Gasteiger charge is 2.61. The molecule has 10 heterocycles. The third-order valence-electron chi connectivity index (χ3n) is 21.6. The van der Waals surface area contributed by atoms with Gasteiger partial charge in [0.15, 0.2) is 56.6 Å². The van der Waals surface area contributed by atoms with Gasteiger partial charge in [0.05, 0.1) is 78.7 Å². The van der Waals surface area contributed by atoms with Gasteiger partial charge in [0.1, 0.15) is 238 Å². The van der Waals surface area contributed by atoms with E-state index in [0.717, 1.165) is 13.8 Å². The maximum absolute atomic E-state index is 13.0. The van der Waals surface area contributed by atoms with Gasteiger partial charge in [-0.3, -0.25) is 9.59 Å². The van der Waals surface area contributed by atoms with E-state index in [1.807, 2.05) is 0 Å². The molecule has 0 radical (unpaired) electrons. The van der Waals surface area contributed by atoms with Crippen LogP contribution < -0.4 is 10.6 Å². The third-order valence-corrected chi connectivity index (χ3v) is 21.6. The van der Waals surface area contributed by atoms with Gasteiger partial charge in [0.25, 0.3) is 0 Å². The average molecular weight is 1710 g/mol. The molecule has 0 aromatic carbocycles. The molecule has 10 aliphatic heterocycles. The number of amides is 2. The molecule has 0 aliphatic carbocycles. The fourth-order valence-corrected chi connectivity index (χ4v) is 14.9. The molecule has 10 saturated heterocycles. The SMILES string of the molecule is CC(=O)N[C@H]1[C@H](O[C@H]2[C@H](O)[C@@H](NC(C)=O)CO[C@@H]2CO)O[C@H](CO)[C@@H](O[C@@H]2O[C@H](CO[C@H]3O[C@H](CO[C@H]4O[C@H](CO)[C@@H](O)[C@H](O)[C@@H]4O[C@H]4O[C@H](CO)[C@@H](O)[C@H](O)[C@@H]4O)[C@@H](O)[C@H](O[C@H]4O[C@H](CO)[C@@H](O)[C@H](O)[C@@H]4O)[C@@H]3O)[C@@H](O)[C@H](O[C@H]3O[C@H](CO)[C@@H](O)[C@H](O)[C@@H]3O[C@H]3O[C@H](CO)[C@@H](O)[C@H](O)[C@@H]3O[C@H]3O[C@H](CO)[C@@H](O)[C@H](O)[C@@H]3O)[C@@H]2O)[C@@H]1O. The summed E-state index contributed by atoms with van der Waals surface area (Å²) in [4.78, 5) is 25.2. The van der Waals surface area contributed by atoms with Crippen LogP contribution in [0.5, 0.6) is 0 Å². The monoisotopic (exact) mass is 1700 g/mol. The van der Waals surface area contributed by atoms with E-state index in [4.69, 9.17) is 90.0 Å². The van der Waals surface area contributed by atoms with E-state index in [9.17, 15) is 158 Å². The zero-order chi connectivity index (χ0) is 85.1. The van der Waals surface area contributed by atoms with Crippen LogP contribution in [0.15, 0.2) is 0 Å². The molecule has 10 aliphatic rings. The lowest BCUT2D eigenvalue weighted by atomic mass is 9.94. The van der Waals surface area contributed by atoms with Crippen molar-refractivity contribution in [2.24, 2.45) is 0 Å². The van der Waals surface area contributed by atoms with E-state index >= 15 is 0 Å². The van der Waals surface area contributed by atoms with Crippen molar-refractivity contribution in [2.45, 2.75) is 314 Å². The predicted molar refractivity (Wildman–Crippen MR) is 352 cm³/mol. The number of aliphatic hydroxyl groups excluding tert-OH is 29. The Kier molecular flexibility index (Phi) is 34.2. The fraction of sp³-hybridized carbons (Fsp3) is 0.969. The Balaban J connectivity index is 0.994. The molecule has 52 heteroatoms. The summed E-state index contributed by atoms with van der Waals surface area (Å²) in [5.74, 6) is -1.57. The van der Waals surface area contributed by atoms with Gasteiger partial charge in [-0.25, -0.2) is 0 Å². The van der Waals surface area contributed by atoms with Crippen molar-refractivity contribution >= 4 is 11.8 Å². The van der Waals surface area contributed by atoms with Crippen LogP contribution in [0, 0.1) is 0 Å². The van der Waals surface area contributed by atoms with E-state index in [2.05, 4.69) is 10.6 Å². The minimum Gasteiger partial charge on any atom is -0.394 e. The second kappa shape index (κ2) is 41.7. The number of carbonyl (C=O) groups excluding carboxylic acids is 2.